The van der Waals surface area contributed by atoms with Gasteiger partial charge in [0, 0.05) is 17.1 Å². The predicted molar refractivity (Wildman–Crippen MR) is 92.3 cm³/mol. The molecule has 1 amide bonds. The largest absolute Gasteiger partial charge is 0.419 e. The van der Waals surface area contributed by atoms with Crippen molar-refractivity contribution in [2.45, 2.75) is 6.18 Å². The van der Waals surface area contributed by atoms with Crippen LogP contribution in [0.5, 0.6) is 0 Å². The zero-order valence-corrected chi connectivity index (χ0v) is 13.6. The Morgan fingerprint density at radius 2 is 1.78 bits per heavy atom. The minimum Gasteiger partial charge on any atom is -0.370 e. The zero-order valence-electron chi connectivity index (χ0n) is 13.6. The van der Waals surface area contributed by atoms with Crippen molar-refractivity contribution in [3.63, 3.8) is 0 Å². The van der Waals surface area contributed by atoms with Gasteiger partial charge < -0.3 is 11.5 Å². The highest BCUT2D eigenvalue weighted by Gasteiger charge is 2.34. The van der Waals surface area contributed by atoms with Gasteiger partial charge in [-0.2, -0.15) is 18.2 Å². The molecule has 9 heteroatoms. The lowest BCUT2D eigenvalue weighted by atomic mass is 9.98. The number of amides is 1. The number of halogens is 4. The first-order valence-corrected chi connectivity index (χ1v) is 7.56. The van der Waals surface area contributed by atoms with E-state index in [-0.39, 0.29) is 11.1 Å². The smallest absolute Gasteiger partial charge is 0.370 e. The number of carbonyl (C=O) groups excluding carboxylic acids is 1. The molecular weight excluding hydrogens is 364 g/mol. The molecule has 0 bridgehead atoms. The number of benzene rings is 2. The maximum Gasteiger partial charge on any atom is 0.419 e. The molecule has 2 aromatic carbocycles. The molecule has 4 N–H and O–H groups in total. The molecule has 0 fully saturated rings. The molecule has 3 rings (SSSR count). The molecule has 0 saturated heterocycles. The number of fused-ring (bicyclic) bond motifs is 1. The minimum absolute atomic E-state index is 0.150. The molecule has 5 nitrogen and oxygen atoms in total. The molecule has 0 aliphatic heterocycles. The van der Waals surface area contributed by atoms with Gasteiger partial charge in [0.2, 0.25) is 0 Å². The van der Waals surface area contributed by atoms with Crippen molar-refractivity contribution in [2.75, 3.05) is 0 Å². The van der Waals surface area contributed by atoms with Crippen LogP contribution in [-0.4, -0.2) is 16.9 Å². The topological polar surface area (TPSA) is 94.4 Å². The maximum atomic E-state index is 13.9. The zero-order chi connectivity index (χ0) is 19.8. The fraction of sp³-hybridized carbons (Fsp3) is 0.0556. The molecule has 0 unspecified atom stereocenters. The lowest BCUT2D eigenvalue weighted by molar-refractivity contribution is -0.139. The van der Waals surface area contributed by atoms with Gasteiger partial charge in [-0.25, -0.2) is 4.39 Å². The fourth-order valence-electron chi connectivity index (χ4n) is 2.63. The van der Waals surface area contributed by atoms with E-state index in [1.165, 1.54) is 30.5 Å². The number of hydrogen-bond acceptors (Lipinski definition) is 2. The number of nitrogens with zero attached hydrogens (tertiary/aromatic N) is 2. The van der Waals surface area contributed by atoms with Crippen LogP contribution in [0.2, 0.25) is 0 Å². The summed E-state index contributed by atoms with van der Waals surface area (Å²) in [4.78, 5) is 19.6. The van der Waals surface area contributed by atoms with Gasteiger partial charge in [-0.3, -0.25) is 9.78 Å². The molecule has 138 valence electrons. The summed E-state index contributed by atoms with van der Waals surface area (Å²) in [5.41, 5.74) is 10.3. The molecule has 0 spiro atoms. The van der Waals surface area contributed by atoms with Gasteiger partial charge in [0.15, 0.2) is 5.96 Å². The van der Waals surface area contributed by atoms with Gasteiger partial charge in [-0.15, -0.1) is 0 Å². The molecule has 0 aliphatic carbocycles. The number of hydrogen-bond donors (Lipinski definition) is 2. The van der Waals surface area contributed by atoms with Crippen molar-refractivity contribution in [3.05, 3.63) is 65.6 Å². The summed E-state index contributed by atoms with van der Waals surface area (Å²) in [6.07, 6.45) is -3.35. The number of aliphatic imine (C=N–C) groups is 1. The van der Waals surface area contributed by atoms with E-state index < -0.39 is 29.4 Å². The maximum absolute atomic E-state index is 13.9. The average molecular weight is 376 g/mol. The van der Waals surface area contributed by atoms with Gasteiger partial charge in [-0.1, -0.05) is 6.07 Å². The summed E-state index contributed by atoms with van der Waals surface area (Å²) in [6, 6.07) is 8.58. The van der Waals surface area contributed by atoms with Crippen LogP contribution in [-0.2, 0) is 6.18 Å². The lowest BCUT2D eigenvalue weighted by Gasteiger charge is -2.11. The predicted octanol–water partition coefficient (Wildman–Crippen LogP) is 3.47. The number of rotatable bonds is 2. The summed E-state index contributed by atoms with van der Waals surface area (Å²) >= 11 is 0. The van der Waals surface area contributed by atoms with E-state index in [4.69, 9.17) is 11.5 Å². The van der Waals surface area contributed by atoms with Gasteiger partial charge >= 0.3 is 6.18 Å². The summed E-state index contributed by atoms with van der Waals surface area (Å²) in [5, 5.41) is 0.438. The lowest BCUT2D eigenvalue weighted by Crippen LogP contribution is -2.24. The Labute approximate surface area is 150 Å². The SMILES string of the molecule is NC(N)=NC(=O)c1ccc2nccc(-c3ccc(C(F)(F)F)c(F)c3)c2c1. The Morgan fingerprint density at radius 3 is 2.41 bits per heavy atom. The first kappa shape index (κ1) is 18.3. The minimum atomic E-state index is -4.79. The third kappa shape index (κ3) is 3.71. The summed E-state index contributed by atoms with van der Waals surface area (Å²) in [5.74, 6) is -2.49. The van der Waals surface area contributed by atoms with Crippen LogP contribution in [0, 0.1) is 5.82 Å². The average Bonchev–Trinajstić information content (AvgIpc) is 2.59. The van der Waals surface area contributed by atoms with Crippen LogP contribution in [0.3, 0.4) is 0 Å². The number of aromatic nitrogens is 1. The third-order valence-corrected chi connectivity index (χ3v) is 3.80. The van der Waals surface area contributed by atoms with Crippen LogP contribution in [0.15, 0.2) is 53.7 Å². The van der Waals surface area contributed by atoms with E-state index in [2.05, 4.69) is 9.98 Å². The van der Waals surface area contributed by atoms with Gasteiger partial charge in [0.05, 0.1) is 11.1 Å². The number of pyridine rings is 1. The van der Waals surface area contributed by atoms with Crippen LogP contribution >= 0.6 is 0 Å². The normalized spacial score (nSPS) is 11.4. The van der Waals surface area contributed by atoms with Crippen LogP contribution in [0.25, 0.3) is 22.0 Å². The number of guanidine groups is 1. The molecular formula is C18H12F4N4O. The third-order valence-electron chi connectivity index (χ3n) is 3.80. The van der Waals surface area contributed by atoms with E-state index in [0.717, 1.165) is 12.1 Å². The molecule has 0 aliphatic rings. The molecule has 0 atom stereocenters. The second-order valence-corrected chi connectivity index (χ2v) is 5.62. The van der Waals surface area contributed by atoms with E-state index in [9.17, 15) is 22.4 Å². The van der Waals surface area contributed by atoms with E-state index in [0.29, 0.717) is 22.5 Å². The van der Waals surface area contributed by atoms with Crippen molar-refractivity contribution in [1.82, 2.24) is 4.98 Å². The van der Waals surface area contributed by atoms with Crippen molar-refractivity contribution < 1.29 is 22.4 Å². The Bertz CT molecular complexity index is 1070. The van der Waals surface area contributed by atoms with Crippen molar-refractivity contribution in [1.29, 1.82) is 0 Å². The summed E-state index contributed by atoms with van der Waals surface area (Å²) < 4.78 is 52.2. The van der Waals surface area contributed by atoms with Gasteiger partial charge in [0.1, 0.15) is 5.82 Å². The van der Waals surface area contributed by atoms with Crippen molar-refractivity contribution in [3.8, 4) is 11.1 Å². The standard InChI is InChI=1S/C18H12F4N4O/c19-14-8-9(1-3-13(14)18(20,21)22)11-5-6-25-15-4-2-10(7-12(11)15)16(27)26-17(23)24/h1-8H,(H4,23,24,26,27). The molecule has 3 aromatic rings. The Kier molecular flexibility index (Phi) is 4.52. The number of alkyl halides is 3. The molecule has 0 saturated carbocycles. The molecule has 1 heterocycles. The highest BCUT2D eigenvalue weighted by molar-refractivity contribution is 6.05. The highest BCUT2D eigenvalue weighted by atomic mass is 19.4. The van der Waals surface area contributed by atoms with Crippen LogP contribution in [0.4, 0.5) is 17.6 Å². The molecule has 27 heavy (non-hydrogen) atoms. The first-order valence-electron chi connectivity index (χ1n) is 7.56. The quantitative estimate of drug-likeness (QED) is 0.407. The Balaban J connectivity index is 2.16. The number of carbonyl (C=O) groups is 1. The second-order valence-electron chi connectivity index (χ2n) is 5.62. The van der Waals surface area contributed by atoms with Gasteiger partial charge in [-0.05, 0) is 47.5 Å². The molecule has 1 aromatic heterocycles. The van der Waals surface area contributed by atoms with E-state index >= 15 is 0 Å². The van der Waals surface area contributed by atoms with E-state index in [1.807, 2.05) is 0 Å². The van der Waals surface area contributed by atoms with Crippen LogP contribution in [0.1, 0.15) is 15.9 Å². The second kappa shape index (κ2) is 6.67. The number of nitrogens with two attached hydrogens (primary N) is 2. The van der Waals surface area contributed by atoms with Crippen molar-refractivity contribution >= 4 is 22.8 Å². The molecule has 0 radical (unpaired) electrons. The Hall–Kier alpha value is -3.49. The summed E-state index contributed by atoms with van der Waals surface area (Å²) in [6.45, 7) is 0. The summed E-state index contributed by atoms with van der Waals surface area (Å²) in [7, 11) is 0. The fourth-order valence-corrected chi connectivity index (χ4v) is 2.63. The Morgan fingerprint density at radius 1 is 1.04 bits per heavy atom. The van der Waals surface area contributed by atoms with E-state index in [1.54, 1.807) is 0 Å². The van der Waals surface area contributed by atoms with Crippen LogP contribution < -0.4 is 11.5 Å². The highest BCUT2D eigenvalue weighted by Crippen LogP contribution is 2.35. The monoisotopic (exact) mass is 376 g/mol. The van der Waals surface area contributed by atoms with Crippen molar-refractivity contribution in [2.24, 2.45) is 16.5 Å². The van der Waals surface area contributed by atoms with Gasteiger partial charge in [0.25, 0.3) is 5.91 Å². The first-order chi connectivity index (χ1) is 12.7.